The zero-order chi connectivity index (χ0) is 25.8. The van der Waals surface area contributed by atoms with E-state index in [0.717, 1.165) is 38.9 Å². The van der Waals surface area contributed by atoms with Crippen molar-refractivity contribution in [2.45, 2.75) is 40.2 Å². The van der Waals surface area contributed by atoms with E-state index in [1.165, 1.54) is 0 Å². The summed E-state index contributed by atoms with van der Waals surface area (Å²) in [6, 6.07) is 21.0. The summed E-state index contributed by atoms with van der Waals surface area (Å²) in [6.07, 6.45) is -1.02. The summed E-state index contributed by atoms with van der Waals surface area (Å²) >= 11 is 0. The number of aliphatic carboxylic acids is 1. The first-order valence-corrected chi connectivity index (χ1v) is 11.6. The molecule has 0 spiro atoms. The van der Waals surface area contributed by atoms with Gasteiger partial charge in [-0.3, -0.25) is 10.1 Å². The van der Waals surface area contributed by atoms with Gasteiger partial charge in [-0.1, -0.05) is 71.9 Å². The number of carboxylic acid groups (broad SMARTS) is 1. The number of carbonyl (C=O) groups is 2. The summed E-state index contributed by atoms with van der Waals surface area (Å²) in [4.78, 5) is 23.6. The molecule has 0 saturated carbocycles. The Balaban J connectivity index is 1.49. The number of rotatable bonds is 7. The first kappa shape index (κ1) is 24.7. The lowest BCUT2D eigenvalue weighted by Crippen LogP contribution is -2.17. The molecule has 0 aliphatic heterocycles. The minimum Gasteiger partial charge on any atom is -0.481 e. The van der Waals surface area contributed by atoms with E-state index in [1.807, 2.05) is 87.5 Å². The fraction of sp³-hybridized carbons (Fsp3) is 0.207. The molecular weight excluding hydrogens is 456 g/mol. The summed E-state index contributed by atoms with van der Waals surface area (Å²) in [7, 11) is 0. The van der Waals surface area contributed by atoms with Gasteiger partial charge in [0, 0.05) is 5.56 Å². The summed E-state index contributed by atoms with van der Waals surface area (Å²) < 4.78 is 11.2. The maximum absolute atomic E-state index is 12.7. The summed E-state index contributed by atoms with van der Waals surface area (Å²) in [5.74, 6) is -0.421. The zero-order valence-corrected chi connectivity index (χ0v) is 20.7. The van der Waals surface area contributed by atoms with Crippen LogP contribution in [0.15, 0.2) is 71.3 Å². The molecule has 2 N–H and O–H groups in total. The fourth-order valence-corrected chi connectivity index (χ4v) is 4.34. The molecule has 184 valence electrons. The van der Waals surface area contributed by atoms with Gasteiger partial charge in [0.1, 0.15) is 17.5 Å². The highest BCUT2D eigenvalue weighted by Gasteiger charge is 2.21. The molecule has 7 heteroatoms. The lowest BCUT2D eigenvalue weighted by molar-refractivity contribution is -0.136. The van der Waals surface area contributed by atoms with Gasteiger partial charge in [0.15, 0.2) is 5.76 Å². The average Bonchev–Trinajstić information content (AvgIpc) is 3.19. The van der Waals surface area contributed by atoms with Crippen LogP contribution in [0.1, 0.15) is 41.0 Å². The fourth-order valence-electron chi connectivity index (χ4n) is 4.34. The number of carboxylic acids is 1. The number of nitrogens with zero attached hydrogens (tertiary/aromatic N) is 1. The molecule has 36 heavy (non-hydrogen) atoms. The van der Waals surface area contributed by atoms with Crippen molar-refractivity contribution in [1.29, 1.82) is 0 Å². The van der Waals surface area contributed by atoms with E-state index in [9.17, 15) is 9.59 Å². The molecule has 1 aromatic heterocycles. The molecule has 0 saturated heterocycles. The minimum absolute atomic E-state index is 0.00832. The Hall–Kier alpha value is -4.39. The monoisotopic (exact) mass is 484 g/mol. The van der Waals surface area contributed by atoms with Crippen LogP contribution in [0.5, 0.6) is 0 Å². The van der Waals surface area contributed by atoms with Gasteiger partial charge in [0.05, 0.1) is 6.42 Å². The topological polar surface area (TPSA) is 102 Å². The predicted octanol–water partition coefficient (Wildman–Crippen LogP) is 6.87. The Morgan fingerprint density at radius 1 is 0.917 bits per heavy atom. The Bertz CT molecular complexity index is 1370. The second kappa shape index (κ2) is 10.5. The van der Waals surface area contributed by atoms with Crippen molar-refractivity contribution in [3.8, 4) is 22.5 Å². The molecule has 4 aromatic rings. The molecule has 1 atom stereocenters. The number of amides is 1. The van der Waals surface area contributed by atoms with Crippen LogP contribution in [0.2, 0.25) is 0 Å². The molecule has 1 amide bonds. The Morgan fingerprint density at radius 2 is 1.47 bits per heavy atom. The van der Waals surface area contributed by atoms with Gasteiger partial charge in [-0.2, -0.15) is 0 Å². The number of carbonyl (C=O) groups excluding carboxylic acids is 1. The van der Waals surface area contributed by atoms with Crippen molar-refractivity contribution in [1.82, 2.24) is 5.16 Å². The second-order valence-electron chi connectivity index (χ2n) is 8.79. The second-order valence-corrected chi connectivity index (χ2v) is 8.79. The molecular formula is C29H28N2O5. The molecule has 0 bridgehead atoms. The van der Waals surface area contributed by atoms with Crippen LogP contribution in [0.25, 0.3) is 22.5 Å². The summed E-state index contributed by atoms with van der Waals surface area (Å²) in [6.45, 7) is 7.60. The third-order valence-corrected chi connectivity index (χ3v) is 6.11. The first-order valence-electron chi connectivity index (χ1n) is 11.6. The van der Waals surface area contributed by atoms with E-state index < -0.39 is 18.2 Å². The number of hydrogen-bond donors (Lipinski definition) is 2. The number of nitrogens with one attached hydrogen (secondary N) is 1. The van der Waals surface area contributed by atoms with Crippen LogP contribution in [0.4, 0.5) is 10.5 Å². The van der Waals surface area contributed by atoms with E-state index in [4.69, 9.17) is 14.4 Å². The standard InChI is InChI=1S/C29H28N2O5/c1-17-6-5-7-18(2)26(17)20(4)35-29(34)30-27-19(3)31-36-28(27)24-14-12-23(13-15-24)22-10-8-21(9-11-22)16-25(32)33/h5-15,20H,16H2,1-4H3,(H,30,34)(H,32,33). The number of aromatic nitrogens is 1. The highest BCUT2D eigenvalue weighted by Crippen LogP contribution is 2.33. The van der Waals surface area contributed by atoms with Crippen molar-refractivity contribution in [2.75, 3.05) is 5.32 Å². The molecule has 7 nitrogen and oxygen atoms in total. The third kappa shape index (κ3) is 5.46. The van der Waals surface area contributed by atoms with Crippen LogP contribution < -0.4 is 5.32 Å². The van der Waals surface area contributed by atoms with Crippen molar-refractivity contribution in [2.24, 2.45) is 0 Å². The van der Waals surface area contributed by atoms with E-state index in [0.29, 0.717) is 17.1 Å². The Morgan fingerprint density at radius 3 is 2.06 bits per heavy atom. The number of hydrogen-bond acceptors (Lipinski definition) is 5. The van der Waals surface area contributed by atoms with Crippen molar-refractivity contribution >= 4 is 17.7 Å². The van der Waals surface area contributed by atoms with Crippen LogP contribution in [0, 0.1) is 20.8 Å². The number of benzene rings is 3. The molecule has 4 rings (SSSR count). The maximum Gasteiger partial charge on any atom is 0.412 e. The van der Waals surface area contributed by atoms with Gasteiger partial charge in [-0.15, -0.1) is 0 Å². The van der Waals surface area contributed by atoms with Gasteiger partial charge in [0.2, 0.25) is 0 Å². The quantitative estimate of drug-likeness (QED) is 0.297. The molecule has 1 unspecified atom stereocenters. The summed E-state index contributed by atoms with van der Waals surface area (Å²) in [5, 5.41) is 15.8. The summed E-state index contributed by atoms with van der Waals surface area (Å²) in [5.41, 5.74) is 7.54. The molecule has 0 aliphatic carbocycles. The number of anilines is 1. The highest BCUT2D eigenvalue weighted by molar-refractivity contribution is 5.91. The van der Waals surface area contributed by atoms with E-state index in [2.05, 4.69) is 10.5 Å². The lowest BCUT2D eigenvalue weighted by Gasteiger charge is -2.18. The largest absolute Gasteiger partial charge is 0.481 e. The molecule has 3 aromatic carbocycles. The normalized spacial score (nSPS) is 11.7. The Labute approximate surface area is 209 Å². The van der Waals surface area contributed by atoms with E-state index >= 15 is 0 Å². The Kier molecular flexibility index (Phi) is 7.20. The third-order valence-electron chi connectivity index (χ3n) is 6.11. The van der Waals surface area contributed by atoms with Crippen molar-refractivity contribution < 1.29 is 24.0 Å². The molecule has 0 radical (unpaired) electrons. The highest BCUT2D eigenvalue weighted by atomic mass is 16.6. The lowest BCUT2D eigenvalue weighted by atomic mass is 9.99. The van der Waals surface area contributed by atoms with Gasteiger partial charge in [-0.25, -0.2) is 4.79 Å². The SMILES string of the molecule is Cc1cccc(C)c1C(C)OC(=O)Nc1c(C)noc1-c1ccc(-c2ccc(CC(=O)O)cc2)cc1. The predicted molar refractivity (Wildman–Crippen MR) is 138 cm³/mol. The van der Waals surface area contributed by atoms with E-state index in [-0.39, 0.29) is 6.42 Å². The molecule has 0 fully saturated rings. The van der Waals surface area contributed by atoms with Gasteiger partial charge in [0.25, 0.3) is 0 Å². The maximum atomic E-state index is 12.7. The molecule has 1 heterocycles. The van der Waals surface area contributed by atoms with Gasteiger partial charge >= 0.3 is 12.1 Å². The smallest absolute Gasteiger partial charge is 0.412 e. The van der Waals surface area contributed by atoms with Crippen LogP contribution >= 0.6 is 0 Å². The van der Waals surface area contributed by atoms with Crippen LogP contribution in [-0.4, -0.2) is 22.3 Å². The van der Waals surface area contributed by atoms with Gasteiger partial charge in [-0.05, 0) is 61.1 Å². The van der Waals surface area contributed by atoms with Crippen LogP contribution in [-0.2, 0) is 16.0 Å². The first-order chi connectivity index (χ1) is 17.2. The molecule has 0 aliphatic rings. The van der Waals surface area contributed by atoms with Crippen molar-refractivity contribution in [3.05, 3.63) is 94.7 Å². The number of aryl methyl sites for hydroxylation is 3. The zero-order valence-electron chi connectivity index (χ0n) is 20.7. The minimum atomic E-state index is -0.859. The number of ether oxygens (including phenoxy) is 1. The van der Waals surface area contributed by atoms with Crippen molar-refractivity contribution in [3.63, 3.8) is 0 Å². The van der Waals surface area contributed by atoms with E-state index in [1.54, 1.807) is 6.92 Å². The average molecular weight is 485 g/mol. The van der Waals surface area contributed by atoms with Gasteiger partial charge < -0.3 is 14.4 Å². The van der Waals surface area contributed by atoms with Crippen LogP contribution in [0.3, 0.4) is 0 Å².